The lowest BCUT2D eigenvalue weighted by Crippen LogP contribution is -2.20. The predicted molar refractivity (Wildman–Crippen MR) is 78.9 cm³/mol. The van der Waals surface area contributed by atoms with Gasteiger partial charge in [0.2, 0.25) is 0 Å². The third-order valence-electron chi connectivity index (χ3n) is 2.66. The highest BCUT2D eigenvalue weighted by atomic mass is 79.9. The molecule has 6 heteroatoms. The van der Waals surface area contributed by atoms with Gasteiger partial charge in [-0.25, -0.2) is 0 Å². The van der Waals surface area contributed by atoms with Crippen molar-refractivity contribution < 1.29 is 14.1 Å². The summed E-state index contributed by atoms with van der Waals surface area (Å²) in [6.45, 7) is 3.75. The Bertz CT molecular complexity index is 610. The van der Waals surface area contributed by atoms with Crippen molar-refractivity contribution >= 4 is 27.7 Å². The second kappa shape index (κ2) is 6.56. The zero-order valence-electron chi connectivity index (χ0n) is 11.3. The number of halogens is 1. The van der Waals surface area contributed by atoms with Crippen LogP contribution in [0.15, 0.2) is 33.3 Å². The molecule has 0 aliphatic rings. The normalized spacial score (nSPS) is 10.3. The molecule has 0 aliphatic carbocycles. The van der Waals surface area contributed by atoms with E-state index in [0.29, 0.717) is 17.3 Å². The number of carbonyl (C=O) groups excluding carboxylic acids is 1. The summed E-state index contributed by atoms with van der Waals surface area (Å²) in [5.74, 6) is 1.37. The lowest BCUT2D eigenvalue weighted by atomic mass is 10.2. The minimum atomic E-state index is -0.287. The minimum Gasteiger partial charge on any atom is -0.483 e. The van der Waals surface area contributed by atoms with E-state index in [-0.39, 0.29) is 12.5 Å². The number of amides is 1. The molecule has 0 atom stereocenters. The van der Waals surface area contributed by atoms with E-state index < -0.39 is 0 Å². The Morgan fingerprint density at radius 3 is 2.85 bits per heavy atom. The molecule has 2 rings (SSSR count). The van der Waals surface area contributed by atoms with Crippen molar-refractivity contribution in [1.29, 1.82) is 0 Å². The number of hydrogen-bond acceptors (Lipinski definition) is 4. The van der Waals surface area contributed by atoms with E-state index in [9.17, 15) is 4.79 Å². The molecule has 1 N–H and O–H groups in total. The van der Waals surface area contributed by atoms with E-state index >= 15 is 0 Å². The van der Waals surface area contributed by atoms with Crippen molar-refractivity contribution in [2.45, 2.75) is 20.3 Å². The van der Waals surface area contributed by atoms with Crippen LogP contribution in [0.4, 0.5) is 5.82 Å². The van der Waals surface area contributed by atoms with Crippen LogP contribution in [0.5, 0.6) is 5.75 Å². The van der Waals surface area contributed by atoms with Crippen molar-refractivity contribution in [3.63, 3.8) is 0 Å². The maximum Gasteiger partial charge on any atom is 0.263 e. The van der Waals surface area contributed by atoms with Gasteiger partial charge >= 0.3 is 0 Å². The molecule has 0 saturated carbocycles. The highest BCUT2D eigenvalue weighted by Crippen LogP contribution is 2.26. The first-order valence-electron chi connectivity index (χ1n) is 6.23. The molecule has 1 heterocycles. The van der Waals surface area contributed by atoms with Crippen molar-refractivity contribution in [1.82, 2.24) is 5.16 Å². The first-order chi connectivity index (χ1) is 9.58. The first-order valence-corrected chi connectivity index (χ1v) is 7.02. The SMILES string of the molecule is CCc1ccc(OCC(=O)Nc2cc(C)on2)c(Br)c1. The molecule has 20 heavy (non-hydrogen) atoms. The minimum absolute atomic E-state index is 0.0873. The number of nitrogens with zero attached hydrogens (tertiary/aromatic N) is 1. The molecule has 0 saturated heterocycles. The van der Waals surface area contributed by atoms with Crippen LogP contribution in [0.1, 0.15) is 18.2 Å². The van der Waals surface area contributed by atoms with E-state index in [1.807, 2.05) is 18.2 Å². The summed E-state index contributed by atoms with van der Waals surface area (Å²) in [4.78, 5) is 11.7. The number of aryl methyl sites for hydroxylation is 2. The number of benzene rings is 1. The van der Waals surface area contributed by atoms with Crippen LogP contribution in [-0.2, 0) is 11.2 Å². The Morgan fingerprint density at radius 2 is 2.25 bits per heavy atom. The molecule has 0 aliphatic heterocycles. The van der Waals surface area contributed by atoms with Crippen molar-refractivity contribution in [3.05, 3.63) is 40.1 Å². The zero-order chi connectivity index (χ0) is 14.5. The molecular weight excluding hydrogens is 324 g/mol. The summed E-state index contributed by atoms with van der Waals surface area (Å²) < 4.78 is 11.2. The summed E-state index contributed by atoms with van der Waals surface area (Å²) in [5, 5.41) is 6.27. The standard InChI is InChI=1S/C14H15BrN2O3/c1-3-10-4-5-12(11(15)7-10)19-8-14(18)16-13-6-9(2)20-17-13/h4-7H,3,8H2,1-2H3,(H,16,17,18). The molecule has 1 aromatic heterocycles. The van der Waals surface area contributed by atoms with Crippen LogP contribution in [0.3, 0.4) is 0 Å². The van der Waals surface area contributed by atoms with Crippen LogP contribution in [0.2, 0.25) is 0 Å². The van der Waals surface area contributed by atoms with Crippen molar-refractivity contribution in [3.8, 4) is 5.75 Å². The molecule has 2 aromatic rings. The lowest BCUT2D eigenvalue weighted by molar-refractivity contribution is -0.118. The average molecular weight is 339 g/mol. The molecule has 0 unspecified atom stereocenters. The number of aromatic nitrogens is 1. The molecule has 0 fully saturated rings. The number of rotatable bonds is 5. The lowest BCUT2D eigenvalue weighted by Gasteiger charge is -2.08. The van der Waals surface area contributed by atoms with Crippen molar-refractivity contribution in [2.24, 2.45) is 0 Å². The van der Waals surface area contributed by atoms with Gasteiger partial charge in [0.1, 0.15) is 11.5 Å². The molecule has 1 amide bonds. The second-order valence-electron chi connectivity index (χ2n) is 4.28. The van der Waals surface area contributed by atoms with Crippen LogP contribution >= 0.6 is 15.9 Å². The highest BCUT2D eigenvalue weighted by molar-refractivity contribution is 9.10. The molecule has 0 spiro atoms. The molecule has 1 aromatic carbocycles. The van der Waals surface area contributed by atoms with Gasteiger partial charge in [-0.2, -0.15) is 0 Å². The summed E-state index contributed by atoms with van der Waals surface area (Å²) in [7, 11) is 0. The third kappa shape index (κ3) is 3.84. The van der Waals surface area contributed by atoms with E-state index in [4.69, 9.17) is 9.26 Å². The second-order valence-corrected chi connectivity index (χ2v) is 5.13. The maximum atomic E-state index is 11.7. The van der Waals surface area contributed by atoms with Gasteiger partial charge in [0, 0.05) is 6.07 Å². The van der Waals surface area contributed by atoms with E-state index in [0.717, 1.165) is 10.9 Å². The van der Waals surface area contributed by atoms with Gasteiger partial charge in [0.05, 0.1) is 4.47 Å². The smallest absolute Gasteiger partial charge is 0.263 e. The largest absolute Gasteiger partial charge is 0.483 e. The average Bonchev–Trinajstić information content (AvgIpc) is 2.82. The van der Waals surface area contributed by atoms with Gasteiger partial charge in [0.25, 0.3) is 5.91 Å². The highest BCUT2D eigenvalue weighted by Gasteiger charge is 2.08. The number of nitrogens with one attached hydrogen (secondary N) is 1. The third-order valence-corrected chi connectivity index (χ3v) is 3.28. The molecule has 0 bridgehead atoms. The van der Waals surface area contributed by atoms with Gasteiger partial charge in [-0.05, 0) is 47.0 Å². The Morgan fingerprint density at radius 1 is 1.45 bits per heavy atom. The first kappa shape index (κ1) is 14.6. The van der Waals surface area contributed by atoms with Crippen LogP contribution in [-0.4, -0.2) is 17.7 Å². The fraction of sp³-hybridized carbons (Fsp3) is 0.286. The summed E-state index contributed by atoms with van der Waals surface area (Å²) in [6, 6.07) is 7.44. The summed E-state index contributed by atoms with van der Waals surface area (Å²) in [6.07, 6.45) is 0.949. The number of ether oxygens (including phenoxy) is 1. The Labute approximate surface area is 125 Å². The Balaban J connectivity index is 1.90. The van der Waals surface area contributed by atoms with Crippen LogP contribution in [0, 0.1) is 6.92 Å². The fourth-order valence-corrected chi connectivity index (χ4v) is 2.17. The van der Waals surface area contributed by atoms with Gasteiger partial charge in [0.15, 0.2) is 12.4 Å². The fourth-order valence-electron chi connectivity index (χ4n) is 1.63. The van der Waals surface area contributed by atoms with Gasteiger partial charge in [-0.1, -0.05) is 18.1 Å². The number of hydrogen-bond donors (Lipinski definition) is 1. The maximum absolute atomic E-state index is 11.7. The summed E-state index contributed by atoms with van der Waals surface area (Å²) >= 11 is 3.42. The van der Waals surface area contributed by atoms with Crippen molar-refractivity contribution in [2.75, 3.05) is 11.9 Å². The predicted octanol–water partition coefficient (Wildman–Crippen LogP) is 3.33. The zero-order valence-corrected chi connectivity index (χ0v) is 12.9. The molecule has 106 valence electrons. The topological polar surface area (TPSA) is 64.4 Å². The van der Waals surface area contributed by atoms with Crippen LogP contribution < -0.4 is 10.1 Å². The Kier molecular flexibility index (Phi) is 4.79. The Hall–Kier alpha value is -1.82. The van der Waals surface area contributed by atoms with E-state index in [1.165, 1.54) is 5.56 Å². The molecule has 5 nitrogen and oxygen atoms in total. The van der Waals surface area contributed by atoms with E-state index in [2.05, 4.69) is 33.3 Å². The monoisotopic (exact) mass is 338 g/mol. The molecule has 0 radical (unpaired) electrons. The van der Waals surface area contributed by atoms with Gasteiger partial charge in [-0.3, -0.25) is 4.79 Å². The van der Waals surface area contributed by atoms with Gasteiger partial charge < -0.3 is 14.6 Å². The number of carbonyl (C=O) groups is 1. The van der Waals surface area contributed by atoms with Gasteiger partial charge in [-0.15, -0.1) is 0 Å². The van der Waals surface area contributed by atoms with E-state index in [1.54, 1.807) is 13.0 Å². The van der Waals surface area contributed by atoms with Crippen LogP contribution in [0.25, 0.3) is 0 Å². The quantitative estimate of drug-likeness (QED) is 0.908. The number of anilines is 1. The summed E-state index contributed by atoms with van der Waals surface area (Å²) in [5.41, 5.74) is 1.20. The molecular formula is C14H15BrN2O3.